The van der Waals surface area contributed by atoms with E-state index in [9.17, 15) is 10.1 Å². The van der Waals surface area contributed by atoms with E-state index in [4.69, 9.17) is 12.2 Å². The Morgan fingerprint density at radius 1 is 1.42 bits per heavy atom. The van der Waals surface area contributed by atoms with E-state index >= 15 is 0 Å². The lowest BCUT2D eigenvalue weighted by atomic mass is 10.3. The molecule has 0 radical (unpaired) electrons. The molecule has 0 aliphatic carbocycles. The summed E-state index contributed by atoms with van der Waals surface area (Å²) in [5.41, 5.74) is 0.137. The maximum Gasteiger partial charge on any atom is 0.269 e. The number of nitro groups is 1. The van der Waals surface area contributed by atoms with Gasteiger partial charge in [0.2, 0.25) is 0 Å². The van der Waals surface area contributed by atoms with Crippen molar-refractivity contribution in [3.05, 3.63) is 51.5 Å². The SMILES string of the molecule is O=[N+]([O-])c1ccccc1.S=c1[nH]ncn1CCCBr. The number of H-pyrrole nitrogens is 1. The molecular weight excluding hydrogens is 332 g/mol. The third kappa shape index (κ3) is 5.75. The minimum atomic E-state index is -0.417. The summed E-state index contributed by atoms with van der Waals surface area (Å²) >= 11 is 8.27. The van der Waals surface area contributed by atoms with Crippen LogP contribution in [0.4, 0.5) is 5.69 Å². The Bertz CT molecular complexity index is 555. The van der Waals surface area contributed by atoms with E-state index in [2.05, 4.69) is 26.1 Å². The summed E-state index contributed by atoms with van der Waals surface area (Å²) in [5.74, 6) is 0. The predicted molar refractivity (Wildman–Crippen MR) is 78.9 cm³/mol. The molecule has 0 bridgehead atoms. The molecule has 0 amide bonds. The van der Waals surface area contributed by atoms with Gasteiger partial charge in [0.05, 0.1) is 4.92 Å². The van der Waals surface area contributed by atoms with Gasteiger partial charge < -0.3 is 4.57 Å². The summed E-state index contributed by atoms with van der Waals surface area (Å²) in [6, 6.07) is 7.93. The zero-order chi connectivity index (χ0) is 14.1. The fourth-order valence-corrected chi connectivity index (χ4v) is 1.65. The molecule has 102 valence electrons. The molecule has 6 nitrogen and oxygen atoms in total. The van der Waals surface area contributed by atoms with E-state index in [-0.39, 0.29) is 5.69 Å². The first kappa shape index (κ1) is 15.5. The minimum absolute atomic E-state index is 0.137. The molecule has 1 heterocycles. The molecule has 1 aromatic heterocycles. The van der Waals surface area contributed by atoms with Crippen LogP contribution in [0.3, 0.4) is 0 Å². The maximum absolute atomic E-state index is 10.0. The molecular formula is C11H13BrN4O2S. The van der Waals surface area contributed by atoms with E-state index in [1.807, 2.05) is 4.57 Å². The molecule has 0 spiro atoms. The van der Waals surface area contributed by atoms with Gasteiger partial charge in [0.15, 0.2) is 4.77 Å². The Balaban J connectivity index is 0.000000191. The minimum Gasteiger partial charge on any atom is -0.307 e. The highest BCUT2D eigenvalue weighted by atomic mass is 79.9. The smallest absolute Gasteiger partial charge is 0.269 e. The highest BCUT2D eigenvalue weighted by Crippen LogP contribution is 2.06. The molecule has 0 atom stereocenters. The van der Waals surface area contributed by atoms with Crippen LogP contribution < -0.4 is 0 Å². The summed E-state index contributed by atoms with van der Waals surface area (Å²) < 4.78 is 2.61. The van der Waals surface area contributed by atoms with Crippen molar-refractivity contribution in [1.29, 1.82) is 0 Å². The Kier molecular flexibility index (Phi) is 6.98. The van der Waals surface area contributed by atoms with Gasteiger partial charge in [-0.3, -0.25) is 15.2 Å². The highest BCUT2D eigenvalue weighted by Gasteiger charge is 1.98. The predicted octanol–water partition coefficient (Wildman–Crippen LogP) is 3.32. The fraction of sp³-hybridized carbons (Fsp3) is 0.273. The summed E-state index contributed by atoms with van der Waals surface area (Å²) in [4.78, 5) is 9.59. The van der Waals surface area contributed by atoms with Crippen molar-refractivity contribution in [1.82, 2.24) is 14.8 Å². The molecule has 19 heavy (non-hydrogen) atoms. The van der Waals surface area contributed by atoms with Gasteiger partial charge in [0.25, 0.3) is 5.69 Å². The largest absolute Gasteiger partial charge is 0.307 e. The number of halogens is 1. The molecule has 8 heteroatoms. The van der Waals surface area contributed by atoms with Crippen LogP contribution in [0.15, 0.2) is 36.7 Å². The number of hydrogen-bond acceptors (Lipinski definition) is 4. The standard InChI is InChI=1S/C6H5NO2.C5H8BrN3S/c8-7(9)6-4-2-1-3-5-6;6-2-1-3-9-4-7-8-5(9)10/h1-5H;4H,1-3H2,(H,8,10). The summed E-state index contributed by atoms with van der Waals surface area (Å²) in [6.45, 7) is 0.931. The molecule has 0 saturated carbocycles. The van der Waals surface area contributed by atoms with Gasteiger partial charge in [0, 0.05) is 24.0 Å². The molecule has 2 aromatic rings. The first-order chi connectivity index (χ1) is 9.15. The monoisotopic (exact) mass is 344 g/mol. The van der Waals surface area contributed by atoms with Gasteiger partial charge in [-0.05, 0) is 18.6 Å². The number of aromatic amines is 1. The lowest BCUT2D eigenvalue weighted by molar-refractivity contribution is -0.384. The number of alkyl halides is 1. The molecule has 0 aliphatic heterocycles. The topological polar surface area (TPSA) is 76.8 Å². The number of aryl methyl sites for hydroxylation is 1. The van der Waals surface area contributed by atoms with Gasteiger partial charge in [-0.25, -0.2) is 0 Å². The number of benzene rings is 1. The van der Waals surface area contributed by atoms with E-state index in [0.29, 0.717) is 4.77 Å². The quantitative estimate of drug-likeness (QED) is 0.399. The van der Waals surface area contributed by atoms with Crippen LogP contribution in [0.25, 0.3) is 0 Å². The van der Waals surface area contributed by atoms with Gasteiger partial charge in [-0.15, -0.1) is 0 Å². The van der Waals surface area contributed by atoms with E-state index < -0.39 is 4.92 Å². The van der Waals surface area contributed by atoms with Gasteiger partial charge in [-0.1, -0.05) is 34.1 Å². The van der Waals surface area contributed by atoms with Crippen molar-refractivity contribution < 1.29 is 4.92 Å². The van der Waals surface area contributed by atoms with Crippen LogP contribution >= 0.6 is 28.1 Å². The van der Waals surface area contributed by atoms with Gasteiger partial charge in [-0.2, -0.15) is 5.10 Å². The summed E-state index contributed by atoms with van der Waals surface area (Å²) in [5, 5.41) is 17.5. The van der Waals surface area contributed by atoms with Gasteiger partial charge >= 0.3 is 0 Å². The zero-order valence-corrected chi connectivity index (χ0v) is 12.4. The average molecular weight is 345 g/mol. The number of non-ortho nitro benzene ring substituents is 1. The molecule has 0 fully saturated rings. The van der Waals surface area contributed by atoms with Crippen molar-refractivity contribution in [2.75, 3.05) is 5.33 Å². The van der Waals surface area contributed by atoms with E-state index in [1.165, 1.54) is 12.1 Å². The summed E-state index contributed by atoms with van der Waals surface area (Å²) in [7, 11) is 0. The second-order valence-corrected chi connectivity index (χ2v) is 4.67. The number of nitrogens with one attached hydrogen (secondary N) is 1. The van der Waals surface area contributed by atoms with Crippen LogP contribution in [0, 0.1) is 14.9 Å². The van der Waals surface area contributed by atoms with Crippen LogP contribution in [0.1, 0.15) is 6.42 Å². The lowest BCUT2D eigenvalue weighted by Crippen LogP contribution is -1.96. The second kappa shape index (κ2) is 8.54. The first-order valence-electron chi connectivity index (χ1n) is 5.50. The first-order valence-corrected chi connectivity index (χ1v) is 7.03. The number of nitrogens with zero attached hydrogens (tertiary/aromatic N) is 3. The maximum atomic E-state index is 10.0. The fourth-order valence-electron chi connectivity index (χ4n) is 1.21. The van der Waals surface area contributed by atoms with Crippen molar-refractivity contribution in [2.45, 2.75) is 13.0 Å². The van der Waals surface area contributed by atoms with Crippen LogP contribution in [0.2, 0.25) is 0 Å². The number of rotatable bonds is 4. The number of para-hydroxylation sites is 1. The van der Waals surface area contributed by atoms with Crippen molar-refractivity contribution >= 4 is 33.8 Å². The lowest BCUT2D eigenvalue weighted by Gasteiger charge is -1.95. The van der Waals surface area contributed by atoms with Crippen molar-refractivity contribution in [2.24, 2.45) is 0 Å². The third-order valence-corrected chi connectivity index (χ3v) is 3.00. The van der Waals surface area contributed by atoms with Crippen LogP contribution in [-0.4, -0.2) is 25.0 Å². The normalized spacial score (nSPS) is 9.53. The van der Waals surface area contributed by atoms with Crippen molar-refractivity contribution in [3.8, 4) is 0 Å². The highest BCUT2D eigenvalue weighted by molar-refractivity contribution is 9.09. The Morgan fingerprint density at radius 2 is 2.11 bits per heavy atom. The molecule has 0 saturated heterocycles. The second-order valence-electron chi connectivity index (χ2n) is 3.49. The number of hydrogen-bond donors (Lipinski definition) is 1. The van der Waals surface area contributed by atoms with Gasteiger partial charge in [0.1, 0.15) is 6.33 Å². The number of aromatic nitrogens is 3. The molecule has 0 aliphatic rings. The average Bonchev–Trinajstić information content (AvgIpc) is 2.83. The van der Waals surface area contributed by atoms with E-state index in [1.54, 1.807) is 24.5 Å². The summed E-state index contributed by atoms with van der Waals surface area (Å²) in [6.07, 6.45) is 2.79. The molecule has 0 unspecified atom stereocenters. The van der Waals surface area contributed by atoms with Crippen LogP contribution in [0.5, 0.6) is 0 Å². The Labute approximate surface area is 123 Å². The number of nitro benzene ring substituents is 1. The van der Waals surface area contributed by atoms with E-state index in [0.717, 1.165) is 18.3 Å². The molecule has 1 aromatic carbocycles. The molecule has 1 N–H and O–H groups in total. The Hall–Kier alpha value is -1.54. The van der Waals surface area contributed by atoms with Crippen molar-refractivity contribution in [3.63, 3.8) is 0 Å². The Morgan fingerprint density at radius 3 is 2.53 bits per heavy atom. The molecule has 2 rings (SSSR count). The zero-order valence-electron chi connectivity index (χ0n) is 10.0. The van der Waals surface area contributed by atoms with Crippen LogP contribution in [-0.2, 0) is 6.54 Å². The third-order valence-electron chi connectivity index (χ3n) is 2.12.